The molecule has 0 radical (unpaired) electrons. The van der Waals surface area contributed by atoms with E-state index in [-0.39, 0.29) is 18.4 Å². The Hall–Kier alpha value is -2.95. The number of carboxylic acid groups (broad SMARTS) is 1. The van der Waals surface area contributed by atoms with Gasteiger partial charge in [0.05, 0.1) is 13.1 Å². The predicted octanol–water partition coefficient (Wildman–Crippen LogP) is 2.00. The molecule has 168 valence electrons. The second kappa shape index (κ2) is 9.90. The summed E-state index contributed by atoms with van der Waals surface area (Å²) in [6.07, 6.45) is 6.63. The molecule has 0 aliphatic carbocycles. The summed E-state index contributed by atoms with van der Waals surface area (Å²) in [5, 5.41) is 14.0. The van der Waals surface area contributed by atoms with Gasteiger partial charge in [0.1, 0.15) is 5.54 Å². The number of imide groups is 1. The summed E-state index contributed by atoms with van der Waals surface area (Å²) in [6.45, 7) is 6.85. The highest BCUT2D eigenvalue weighted by atomic mass is 32.1. The lowest BCUT2D eigenvalue weighted by molar-refractivity contribution is -0.134. The normalized spacial score (nSPS) is 18.0. The van der Waals surface area contributed by atoms with Crippen LogP contribution in [0, 0.1) is 5.92 Å². The summed E-state index contributed by atoms with van der Waals surface area (Å²) in [6, 6.07) is 1.68. The molecule has 10 nitrogen and oxygen atoms in total. The number of carbonyl (C=O) groups excluding carboxylic acids is 2. The number of anilines is 1. The number of aromatic nitrogens is 3. The van der Waals surface area contributed by atoms with Crippen LogP contribution in [0.25, 0.3) is 0 Å². The van der Waals surface area contributed by atoms with E-state index >= 15 is 0 Å². The number of nitrogens with zero attached hydrogens (tertiary/aromatic N) is 6. The Labute approximate surface area is 185 Å². The number of rotatable bonds is 6. The van der Waals surface area contributed by atoms with Gasteiger partial charge in [-0.1, -0.05) is 13.8 Å². The van der Waals surface area contributed by atoms with E-state index in [9.17, 15) is 9.59 Å². The van der Waals surface area contributed by atoms with E-state index in [1.807, 2.05) is 22.5 Å². The van der Waals surface area contributed by atoms with Crippen molar-refractivity contribution in [3.8, 4) is 0 Å². The van der Waals surface area contributed by atoms with Gasteiger partial charge in [0.25, 0.3) is 12.4 Å². The molecular weight excluding hydrogens is 420 g/mol. The zero-order valence-electron chi connectivity index (χ0n) is 17.8. The molecule has 0 unspecified atom stereocenters. The lowest BCUT2D eigenvalue weighted by Crippen LogP contribution is -2.57. The molecule has 0 bridgehead atoms. The van der Waals surface area contributed by atoms with Crippen LogP contribution in [0.1, 0.15) is 26.7 Å². The van der Waals surface area contributed by atoms with E-state index in [2.05, 4.69) is 28.8 Å². The number of urea groups is 1. The average Bonchev–Trinajstić information content (AvgIpc) is 3.49. The minimum atomic E-state index is -0.723. The quantitative estimate of drug-likeness (QED) is 0.531. The largest absolute Gasteiger partial charge is 0.483 e. The fourth-order valence-electron chi connectivity index (χ4n) is 4.16. The first-order valence-corrected chi connectivity index (χ1v) is 11.1. The Morgan fingerprint density at radius 3 is 2.48 bits per heavy atom. The molecule has 4 rings (SSSR count). The van der Waals surface area contributed by atoms with Crippen LogP contribution in [0.3, 0.4) is 0 Å². The topological polar surface area (TPSA) is 112 Å². The molecule has 2 saturated heterocycles. The van der Waals surface area contributed by atoms with E-state index in [4.69, 9.17) is 9.90 Å². The zero-order valence-corrected chi connectivity index (χ0v) is 18.6. The Morgan fingerprint density at radius 1 is 1.23 bits per heavy atom. The van der Waals surface area contributed by atoms with Crippen molar-refractivity contribution in [1.29, 1.82) is 0 Å². The minimum absolute atomic E-state index is 0.0518. The van der Waals surface area contributed by atoms with Gasteiger partial charge in [0, 0.05) is 43.6 Å². The second-order valence-corrected chi connectivity index (χ2v) is 8.82. The molecule has 31 heavy (non-hydrogen) atoms. The molecular formula is C20H28N6O4S. The van der Waals surface area contributed by atoms with Crippen molar-refractivity contribution in [3.05, 3.63) is 30.0 Å². The molecule has 11 heteroatoms. The summed E-state index contributed by atoms with van der Waals surface area (Å²) in [5.41, 5.74) is -0.723. The fraction of sp³-hybridized carbons (Fsp3) is 0.550. The maximum atomic E-state index is 13.4. The SMILES string of the molecule is CC(C)CN1C(=O)N(CCn2cccn2)C(=O)C12CCN(c1nccs1)CC2.O=CO. The number of amides is 3. The van der Waals surface area contributed by atoms with Crippen LogP contribution < -0.4 is 4.90 Å². The number of carbonyl (C=O) groups is 3. The average molecular weight is 449 g/mol. The molecule has 2 aliphatic rings. The molecule has 4 heterocycles. The Morgan fingerprint density at radius 2 is 1.94 bits per heavy atom. The van der Waals surface area contributed by atoms with Crippen molar-refractivity contribution in [2.75, 3.05) is 31.1 Å². The molecule has 0 atom stereocenters. The van der Waals surface area contributed by atoms with Crippen molar-refractivity contribution >= 4 is 34.9 Å². The van der Waals surface area contributed by atoms with Gasteiger partial charge in [0.15, 0.2) is 5.13 Å². The van der Waals surface area contributed by atoms with Crippen molar-refractivity contribution in [1.82, 2.24) is 24.6 Å². The monoisotopic (exact) mass is 448 g/mol. The molecule has 0 saturated carbocycles. The highest BCUT2D eigenvalue weighted by Crippen LogP contribution is 2.39. The third-order valence-corrected chi connectivity index (χ3v) is 6.39. The first-order valence-electron chi connectivity index (χ1n) is 10.3. The van der Waals surface area contributed by atoms with Crippen molar-refractivity contribution in [3.63, 3.8) is 0 Å². The summed E-state index contributed by atoms with van der Waals surface area (Å²) < 4.78 is 1.75. The lowest BCUT2D eigenvalue weighted by atomic mass is 9.85. The highest BCUT2D eigenvalue weighted by Gasteiger charge is 2.57. The van der Waals surface area contributed by atoms with Gasteiger partial charge >= 0.3 is 6.03 Å². The predicted molar refractivity (Wildman–Crippen MR) is 116 cm³/mol. The number of thiazole rings is 1. The van der Waals surface area contributed by atoms with Gasteiger partial charge < -0.3 is 14.9 Å². The van der Waals surface area contributed by atoms with E-state index < -0.39 is 5.54 Å². The molecule has 2 aromatic rings. The summed E-state index contributed by atoms with van der Waals surface area (Å²) in [4.78, 5) is 44.8. The minimum Gasteiger partial charge on any atom is -0.483 e. The number of hydrogen-bond donors (Lipinski definition) is 1. The van der Waals surface area contributed by atoms with Crippen LogP contribution in [-0.4, -0.2) is 79.8 Å². The van der Waals surface area contributed by atoms with Crippen molar-refractivity contribution < 1.29 is 19.5 Å². The Balaban J connectivity index is 0.000000858. The van der Waals surface area contributed by atoms with Crippen molar-refractivity contribution in [2.24, 2.45) is 5.92 Å². The number of hydrogen-bond acceptors (Lipinski definition) is 7. The molecule has 2 aromatic heterocycles. The van der Waals surface area contributed by atoms with E-state index in [0.717, 1.165) is 18.2 Å². The summed E-state index contributed by atoms with van der Waals surface area (Å²) in [5.74, 6) is 0.251. The van der Waals surface area contributed by atoms with E-state index in [0.29, 0.717) is 38.4 Å². The van der Waals surface area contributed by atoms with Crippen LogP contribution in [-0.2, 0) is 16.1 Å². The van der Waals surface area contributed by atoms with Gasteiger partial charge in [-0.05, 0) is 24.8 Å². The van der Waals surface area contributed by atoms with Gasteiger partial charge in [-0.2, -0.15) is 5.10 Å². The van der Waals surface area contributed by atoms with Crippen LogP contribution in [0.15, 0.2) is 30.0 Å². The molecule has 0 aromatic carbocycles. The van der Waals surface area contributed by atoms with E-state index in [1.54, 1.807) is 28.4 Å². The zero-order chi connectivity index (χ0) is 22.4. The van der Waals surface area contributed by atoms with Crippen LogP contribution in [0.5, 0.6) is 0 Å². The standard InChI is InChI=1S/C19H26N6O2S.CH2O2/c1-15(2)14-25-18(27)24(12-11-23-8-3-6-21-23)16(26)19(25)4-9-22(10-5-19)17-20-7-13-28-17;2-1-3/h3,6-8,13,15H,4-5,9-12,14H2,1-2H3;1H,(H,2,3). The van der Waals surface area contributed by atoms with Crippen LogP contribution in [0.4, 0.5) is 9.93 Å². The molecule has 2 fully saturated rings. The first kappa shape index (κ1) is 22.7. The van der Waals surface area contributed by atoms with E-state index in [1.165, 1.54) is 4.90 Å². The van der Waals surface area contributed by atoms with Gasteiger partial charge in [-0.3, -0.25) is 19.2 Å². The Bertz CT molecular complexity index is 862. The Kier molecular flexibility index (Phi) is 7.26. The molecule has 1 spiro atoms. The smallest absolute Gasteiger partial charge is 0.327 e. The molecule has 2 aliphatic heterocycles. The maximum absolute atomic E-state index is 13.4. The van der Waals surface area contributed by atoms with Crippen molar-refractivity contribution in [2.45, 2.75) is 38.8 Å². The van der Waals surface area contributed by atoms with Gasteiger partial charge in [0.2, 0.25) is 0 Å². The summed E-state index contributed by atoms with van der Waals surface area (Å²) >= 11 is 1.61. The fourth-order valence-corrected chi connectivity index (χ4v) is 4.85. The number of piperidine rings is 1. The molecule has 3 amide bonds. The van der Waals surface area contributed by atoms with Gasteiger partial charge in [-0.15, -0.1) is 11.3 Å². The maximum Gasteiger partial charge on any atom is 0.327 e. The highest BCUT2D eigenvalue weighted by molar-refractivity contribution is 7.13. The first-order chi connectivity index (χ1) is 14.9. The molecule has 1 N–H and O–H groups in total. The lowest BCUT2D eigenvalue weighted by Gasteiger charge is -2.42. The third kappa shape index (κ3) is 4.71. The summed E-state index contributed by atoms with van der Waals surface area (Å²) in [7, 11) is 0. The second-order valence-electron chi connectivity index (χ2n) is 7.95. The van der Waals surface area contributed by atoms with Gasteiger partial charge in [-0.25, -0.2) is 9.78 Å². The third-order valence-electron chi connectivity index (χ3n) is 5.56. The van der Waals surface area contributed by atoms with Crippen LogP contribution >= 0.6 is 11.3 Å². The van der Waals surface area contributed by atoms with Crippen LogP contribution in [0.2, 0.25) is 0 Å².